The molecular formula is C55H63N5O8. The van der Waals surface area contributed by atoms with Crippen molar-refractivity contribution < 1.29 is 38.2 Å². The number of fused-ring (bicyclic) bond motifs is 3. The highest BCUT2D eigenvalue weighted by molar-refractivity contribution is 5.96. The molecule has 356 valence electrons. The van der Waals surface area contributed by atoms with Crippen molar-refractivity contribution >= 4 is 35.1 Å². The minimum atomic E-state index is -0.360. The van der Waals surface area contributed by atoms with E-state index in [9.17, 15) is 28.8 Å². The molecule has 3 aromatic carbocycles. The SMILES string of the molecule is CCC(=O)c1ccc2c(c1)CN(Cc1ccc(C(C)C)cn1)CC(=O)C2.COC(=O)c1ccc2c(c1)CN(Cc1ccc(C(C)C)cn1)CC(=O)C2.COC(=O)c1ccc2c(c1)CNCC(=O)C2. The molecule has 1 N–H and O–H groups in total. The van der Waals surface area contributed by atoms with E-state index in [1.54, 1.807) is 18.2 Å². The molecule has 2 aromatic heterocycles. The second kappa shape index (κ2) is 24.0. The number of methoxy groups -OCH3 is 2. The number of benzene rings is 3. The summed E-state index contributed by atoms with van der Waals surface area (Å²) >= 11 is 0. The number of hydrogen-bond acceptors (Lipinski definition) is 13. The number of nitrogens with zero attached hydrogens (tertiary/aromatic N) is 4. The summed E-state index contributed by atoms with van der Waals surface area (Å²) in [5.41, 5.74) is 12.2. The van der Waals surface area contributed by atoms with Gasteiger partial charge in [-0.2, -0.15) is 0 Å². The van der Waals surface area contributed by atoms with Crippen LogP contribution in [0.2, 0.25) is 0 Å². The molecule has 13 nitrogen and oxygen atoms in total. The Morgan fingerprint density at radius 2 is 0.971 bits per heavy atom. The first kappa shape index (κ1) is 50.9. The number of ketones is 4. The zero-order valence-electron chi connectivity index (χ0n) is 40.4. The molecule has 0 amide bonds. The number of nitrogens with one attached hydrogen (secondary N) is 1. The van der Waals surface area contributed by atoms with E-state index in [-0.39, 0.29) is 35.1 Å². The van der Waals surface area contributed by atoms with Crippen LogP contribution in [0, 0.1) is 0 Å². The maximum Gasteiger partial charge on any atom is 0.337 e. The second-order valence-corrected chi connectivity index (χ2v) is 18.2. The topological polar surface area (TPSA) is 165 Å². The van der Waals surface area contributed by atoms with Crippen LogP contribution in [-0.4, -0.2) is 88.7 Å². The van der Waals surface area contributed by atoms with Gasteiger partial charge in [-0.25, -0.2) is 9.59 Å². The molecule has 0 aliphatic carbocycles. The fraction of sp³-hybridized carbons (Fsp3) is 0.382. The predicted octanol–water partition coefficient (Wildman–Crippen LogP) is 7.73. The molecule has 0 saturated heterocycles. The third-order valence-electron chi connectivity index (χ3n) is 12.3. The van der Waals surface area contributed by atoms with E-state index in [0.29, 0.717) is 101 Å². The maximum atomic E-state index is 12.3. The van der Waals surface area contributed by atoms with Crippen molar-refractivity contribution in [1.29, 1.82) is 0 Å². The Balaban J connectivity index is 0.000000173. The number of rotatable bonds is 10. The van der Waals surface area contributed by atoms with Gasteiger partial charge in [-0.15, -0.1) is 0 Å². The Labute approximate surface area is 399 Å². The Morgan fingerprint density at radius 3 is 1.40 bits per heavy atom. The molecule has 8 rings (SSSR count). The molecule has 13 heteroatoms. The molecule has 0 spiro atoms. The van der Waals surface area contributed by atoms with Crippen LogP contribution < -0.4 is 5.32 Å². The van der Waals surface area contributed by atoms with Gasteiger partial charge in [0.2, 0.25) is 0 Å². The number of pyridine rings is 2. The van der Waals surface area contributed by atoms with Crippen LogP contribution in [-0.2, 0) is 75.8 Å². The van der Waals surface area contributed by atoms with E-state index < -0.39 is 0 Å². The van der Waals surface area contributed by atoms with Crippen molar-refractivity contribution in [2.75, 3.05) is 33.9 Å². The molecule has 5 aromatic rings. The lowest BCUT2D eigenvalue weighted by atomic mass is 9.98. The summed E-state index contributed by atoms with van der Waals surface area (Å²) in [5, 5.41) is 3.04. The van der Waals surface area contributed by atoms with Crippen LogP contribution in [0.4, 0.5) is 0 Å². The van der Waals surface area contributed by atoms with Crippen LogP contribution in [0.5, 0.6) is 0 Å². The van der Waals surface area contributed by atoms with Gasteiger partial charge in [-0.3, -0.25) is 38.9 Å². The second-order valence-electron chi connectivity index (χ2n) is 18.2. The van der Waals surface area contributed by atoms with E-state index in [4.69, 9.17) is 4.74 Å². The molecular weight excluding hydrogens is 859 g/mol. The van der Waals surface area contributed by atoms with Crippen molar-refractivity contribution in [3.8, 4) is 0 Å². The largest absolute Gasteiger partial charge is 0.465 e. The molecule has 5 heterocycles. The highest BCUT2D eigenvalue weighted by Crippen LogP contribution is 2.24. The minimum absolute atomic E-state index is 0.140. The van der Waals surface area contributed by atoms with Gasteiger partial charge in [0.15, 0.2) is 23.1 Å². The van der Waals surface area contributed by atoms with Crippen molar-refractivity contribution in [2.24, 2.45) is 0 Å². The van der Waals surface area contributed by atoms with Crippen molar-refractivity contribution in [3.63, 3.8) is 0 Å². The van der Waals surface area contributed by atoms with Crippen LogP contribution >= 0.6 is 0 Å². The number of ether oxygens (including phenoxy) is 2. The molecule has 0 atom stereocenters. The Bertz CT molecular complexity index is 2480. The molecule has 68 heavy (non-hydrogen) atoms. The normalized spacial score (nSPS) is 15.0. The van der Waals surface area contributed by atoms with E-state index in [0.717, 1.165) is 50.3 Å². The van der Waals surface area contributed by atoms with E-state index >= 15 is 0 Å². The van der Waals surface area contributed by atoms with Crippen molar-refractivity contribution in [1.82, 2.24) is 25.1 Å². The predicted molar refractivity (Wildman–Crippen MR) is 259 cm³/mol. The number of aromatic nitrogens is 2. The fourth-order valence-corrected chi connectivity index (χ4v) is 8.39. The summed E-state index contributed by atoms with van der Waals surface area (Å²) in [4.78, 5) is 84.5. The summed E-state index contributed by atoms with van der Waals surface area (Å²) < 4.78 is 9.46. The Morgan fingerprint density at radius 1 is 0.544 bits per heavy atom. The van der Waals surface area contributed by atoms with Crippen LogP contribution in [0.25, 0.3) is 0 Å². The van der Waals surface area contributed by atoms with Crippen molar-refractivity contribution in [2.45, 2.75) is 105 Å². The van der Waals surface area contributed by atoms with Gasteiger partial charge >= 0.3 is 11.9 Å². The quantitative estimate of drug-likeness (QED) is 0.107. The van der Waals surface area contributed by atoms with Gasteiger partial charge in [-0.05, 0) is 98.8 Å². The van der Waals surface area contributed by atoms with Crippen LogP contribution in [0.3, 0.4) is 0 Å². The zero-order chi connectivity index (χ0) is 48.9. The Hall–Kier alpha value is -6.54. The molecule has 3 aliphatic heterocycles. The first-order chi connectivity index (χ1) is 32.6. The molecule has 0 radical (unpaired) electrons. The number of carbonyl (C=O) groups excluding carboxylic acids is 6. The van der Waals surface area contributed by atoms with E-state index in [1.807, 2.05) is 67.8 Å². The maximum absolute atomic E-state index is 12.3. The highest BCUT2D eigenvalue weighted by Gasteiger charge is 2.24. The molecule has 0 unspecified atom stereocenters. The zero-order valence-corrected chi connectivity index (χ0v) is 40.4. The number of carbonyl (C=O) groups is 6. The summed E-state index contributed by atoms with van der Waals surface area (Å²) in [5.74, 6) is 0.882. The third kappa shape index (κ3) is 14.0. The standard InChI is InChI=1S/C22H26N2O2.C21H24N2O3.C12H13NO3/c1-4-22(26)17-6-5-16-10-21(25)14-24(12-19(16)9-17)13-20-8-7-18(11-23-20)15(2)3;1-14(2)17-6-7-19(22-10-17)12-23-11-18-8-16(21(25)26-3)5-4-15(18)9-20(24)13-23;1-16-12(15)9-3-2-8-5-11(14)7-13-6-10(8)4-9/h5-9,11,15H,4,10,12-14H2,1-3H3;4-8,10,14H,9,11-13H2,1-3H3;2-4,13H,5-7H2,1H3. The first-order valence-electron chi connectivity index (χ1n) is 23.3. The van der Waals surface area contributed by atoms with Crippen molar-refractivity contribution in [3.05, 3.63) is 164 Å². The van der Waals surface area contributed by atoms with Crippen LogP contribution in [0.15, 0.2) is 91.3 Å². The lowest BCUT2D eigenvalue weighted by Crippen LogP contribution is -2.27. The van der Waals surface area contributed by atoms with Gasteiger partial charge in [0.1, 0.15) is 0 Å². The Kier molecular flexibility index (Phi) is 17.9. The van der Waals surface area contributed by atoms with Crippen LogP contribution in [0.1, 0.15) is 140 Å². The van der Waals surface area contributed by atoms with Gasteiger partial charge in [0.05, 0.1) is 56.4 Å². The number of esters is 2. The summed E-state index contributed by atoms with van der Waals surface area (Å²) in [6.07, 6.45) is 5.59. The molecule has 0 fully saturated rings. The number of hydrogen-bond donors (Lipinski definition) is 1. The molecule has 0 saturated carbocycles. The minimum Gasteiger partial charge on any atom is -0.465 e. The summed E-state index contributed by atoms with van der Waals surface area (Å²) in [6.45, 7) is 14.8. The highest BCUT2D eigenvalue weighted by atomic mass is 16.5. The van der Waals surface area contributed by atoms with Gasteiger partial charge in [-0.1, -0.05) is 71.0 Å². The average Bonchev–Trinajstić information content (AvgIpc) is 3.70. The lowest BCUT2D eigenvalue weighted by Gasteiger charge is -2.20. The average molecular weight is 922 g/mol. The third-order valence-corrected chi connectivity index (χ3v) is 12.3. The lowest BCUT2D eigenvalue weighted by molar-refractivity contribution is -0.120. The fourth-order valence-electron chi connectivity index (χ4n) is 8.39. The molecule has 0 bridgehead atoms. The van der Waals surface area contributed by atoms with Gasteiger partial charge in [0.25, 0.3) is 0 Å². The van der Waals surface area contributed by atoms with E-state index in [2.05, 4.69) is 69.6 Å². The monoisotopic (exact) mass is 921 g/mol. The van der Waals surface area contributed by atoms with E-state index in [1.165, 1.54) is 25.3 Å². The molecule has 3 aliphatic rings. The summed E-state index contributed by atoms with van der Waals surface area (Å²) in [6, 6.07) is 24.7. The smallest absolute Gasteiger partial charge is 0.337 e. The first-order valence-corrected chi connectivity index (χ1v) is 23.3. The van der Waals surface area contributed by atoms with Gasteiger partial charge in [0, 0.05) is 76.4 Å². The summed E-state index contributed by atoms with van der Waals surface area (Å²) in [7, 11) is 2.73. The number of Topliss-reactive ketones (excluding diaryl/α,β-unsaturated/α-hetero) is 4. The van der Waals surface area contributed by atoms with Gasteiger partial charge < -0.3 is 14.8 Å².